The van der Waals surface area contributed by atoms with Crippen LogP contribution in [-0.4, -0.2) is 0 Å². The third kappa shape index (κ3) is 107. The SMILES string of the molecule is [CH2-]CCC.[CH2-]CCC.[CH2-]CCC.[W]. The van der Waals surface area contributed by atoms with Gasteiger partial charge in [0, 0.05) is 21.1 Å². The molecule has 0 rings (SSSR count). The minimum Gasteiger partial charge on any atom is -0.343 e. The average Bonchev–Trinajstić information content (AvgIpc) is 2.18. The van der Waals surface area contributed by atoms with E-state index < -0.39 is 0 Å². The van der Waals surface area contributed by atoms with Gasteiger partial charge in [0.05, 0.1) is 0 Å². The second kappa shape index (κ2) is 38.8. The van der Waals surface area contributed by atoms with Crippen molar-refractivity contribution in [2.24, 2.45) is 0 Å². The van der Waals surface area contributed by atoms with E-state index in [0.29, 0.717) is 0 Å². The molecule has 0 saturated heterocycles. The molecule has 0 heterocycles. The first-order valence-corrected chi connectivity index (χ1v) is 5.12. The van der Waals surface area contributed by atoms with Gasteiger partial charge in [-0.25, -0.2) is 0 Å². The summed E-state index contributed by atoms with van der Waals surface area (Å²) in [6.45, 7) is 17.2. The van der Waals surface area contributed by atoms with E-state index in [0.717, 1.165) is 19.3 Å². The summed E-state index contributed by atoms with van der Waals surface area (Å²) in [6, 6.07) is 0. The monoisotopic (exact) mass is 355 g/mol. The molecule has 84 valence electrons. The van der Waals surface area contributed by atoms with Crippen molar-refractivity contribution in [3.8, 4) is 0 Å². The molecule has 0 atom stereocenters. The van der Waals surface area contributed by atoms with Gasteiger partial charge in [-0.05, 0) is 0 Å². The van der Waals surface area contributed by atoms with Crippen LogP contribution in [-0.2, 0) is 21.1 Å². The number of unbranched alkanes of at least 4 members (excludes halogenated alkanes) is 3. The van der Waals surface area contributed by atoms with E-state index in [9.17, 15) is 0 Å². The maximum Gasteiger partial charge on any atom is 0 e. The van der Waals surface area contributed by atoms with E-state index in [2.05, 4.69) is 41.5 Å². The molecule has 0 aliphatic carbocycles. The molecule has 0 aromatic heterocycles. The molecule has 0 spiro atoms. The zero-order valence-electron chi connectivity index (χ0n) is 9.77. The summed E-state index contributed by atoms with van der Waals surface area (Å²) in [4.78, 5) is 0. The normalized spacial score (nSPS) is 6.92. The van der Waals surface area contributed by atoms with Crippen molar-refractivity contribution < 1.29 is 21.1 Å². The van der Waals surface area contributed by atoms with Gasteiger partial charge in [0.25, 0.3) is 0 Å². The standard InChI is InChI=1S/3C4H9.W/c3*1-3-4-2;/h3*1,3-4H2,2H3;/q3*-1;. The summed E-state index contributed by atoms with van der Waals surface area (Å²) < 4.78 is 0. The third-order valence-electron chi connectivity index (χ3n) is 1.06. The van der Waals surface area contributed by atoms with Crippen LogP contribution in [0.15, 0.2) is 0 Å². The Morgan fingerprint density at radius 2 is 0.692 bits per heavy atom. The van der Waals surface area contributed by atoms with Crippen LogP contribution in [0.1, 0.15) is 59.3 Å². The van der Waals surface area contributed by atoms with Crippen molar-refractivity contribution in [3.63, 3.8) is 0 Å². The smallest absolute Gasteiger partial charge is 0 e. The first kappa shape index (κ1) is 23.5. The molecule has 0 amide bonds. The number of hydrogen-bond donors (Lipinski definition) is 0. The first-order valence-electron chi connectivity index (χ1n) is 5.12. The molecule has 0 radical (unpaired) electrons. The van der Waals surface area contributed by atoms with Gasteiger partial charge >= 0.3 is 0 Å². The van der Waals surface area contributed by atoms with Gasteiger partial charge in [-0.15, -0.1) is 0 Å². The van der Waals surface area contributed by atoms with E-state index in [1.54, 1.807) is 0 Å². The summed E-state index contributed by atoms with van der Waals surface area (Å²) in [5, 5.41) is 0. The molecule has 1 heteroatoms. The summed E-state index contributed by atoms with van der Waals surface area (Å²) >= 11 is 0. The molecule has 0 saturated carbocycles. The topological polar surface area (TPSA) is 0 Å². The molecule has 0 aliphatic heterocycles. The van der Waals surface area contributed by atoms with Crippen molar-refractivity contribution in [1.82, 2.24) is 0 Å². The molecular formula is C12H27W-3. The molecule has 0 aromatic rings. The second-order valence-corrected chi connectivity index (χ2v) is 2.56. The van der Waals surface area contributed by atoms with E-state index in [4.69, 9.17) is 0 Å². The zero-order chi connectivity index (χ0) is 10.2. The Morgan fingerprint density at radius 1 is 0.615 bits per heavy atom. The Balaban J connectivity index is -0.0000000450. The fraction of sp³-hybridized carbons (Fsp3) is 0.750. The van der Waals surface area contributed by atoms with Crippen LogP contribution in [0.2, 0.25) is 0 Å². The molecule has 0 unspecified atom stereocenters. The van der Waals surface area contributed by atoms with Crippen LogP contribution in [0.4, 0.5) is 0 Å². The number of rotatable bonds is 3. The Hall–Kier alpha value is 0.688. The predicted molar refractivity (Wildman–Crippen MR) is 60.8 cm³/mol. The van der Waals surface area contributed by atoms with Crippen LogP contribution in [0.5, 0.6) is 0 Å². The maximum atomic E-state index is 3.60. The second-order valence-electron chi connectivity index (χ2n) is 2.56. The largest absolute Gasteiger partial charge is 0.343 e. The Labute approximate surface area is 101 Å². The van der Waals surface area contributed by atoms with Crippen LogP contribution >= 0.6 is 0 Å². The van der Waals surface area contributed by atoms with E-state index in [1.807, 2.05) is 0 Å². The molecule has 0 nitrogen and oxygen atoms in total. The Bertz CT molecular complexity index is 20.6. The van der Waals surface area contributed by atoms with Gasteiger partial charge in [-0.1, -0.05) is 40.0 Å². The van der Waals surface area contributed by atoms with Gasteiger partial charge in [0.15, 0.2) is 0 Å². The predicted octanol–water partition coefficient (Wildman–Crippen LogP) is 4.86. The van der Waals surface area contributed by atoms with Gasteiger partial charge in [-0.2, -0.15) is 19.3 Å². The minimum absolute atomic E-state index is 0. The van der Waals surface area contributed by atoms with Crippen molar-refractivity contribution in [1.29, 1.82) is 0 Å². The molecule has 0 bridgehead atoms. The van der Waals surface area contributed by atoms with Crippen molar-refractivity contribution >= 4 is 0 Å². The molecule has 0 N–H and O–H groups in total. The Kier molecular flexibility index (Phi) is 70.0. The van der Waals surface area contributed by atoms with Gasteiger partial charge in [-0.3, -0.25) is 0 Å². The van der Waals surface area contributed by atoms with Gasteiger partial charge in [0.2, 0.25) is 0 Å². The van der Waals surface area contributed by atoms with Crippen LogP contribution < -0.4 is 0 Å². The maximum absolute atomic E-state index is 3.60. The van der Waals surface area contributed by atoms with Crippen LogP contribution in [0.3, 0.4) is 0 Å². The van der Waals surface area contributed by atoms with E-state index in [1.165, 1.54) is 19.3 Å². The quantitative estimate of drug-likeness (QED) is 0.635. The molecule has 0 aromatic carbocycles. The summed E-state index contributed by atoms with van der Waals surface area (Å²) in [7, 11) is 0. The third-order valence-corrected chi connectivity index (χ3v) is 1.06. The van der Waals surface area contributed by atoms with Gasteiger partial charge < -0.3 is 20.8 Å². The molecule has 0 fully saturated rings. The fourth-order valence-corrected chi connectivity index (χ4v) is 0. The summed E-state index contributed by atoms with van der Waals surface area (Å²) in [5.74, 6) is 0. The summed E-state index contributed by atoms with van der Waals surface area (Å²) in [6.07, 6.45) is 6.83. The molecular weight excluding hydrogens is 328 g/mol. The summed E-state index contributed by atoms with van der Waals surface area (Å²) in [5.41, 5.74) is 0. The first-order chi connectivity index (χ1) is 5.74. The van der Waals surface area contributed by atoms with E-state index in [-0.39, 0.29) is 21.1 Å². The van der Waals surface area contributed by atoms with E-state index >= 15 is 0 Å². The van der Waals surface area contributed by atoms with Crippen LogP contribution in [0, 0.1) is 20.8 Å². The number of hydrogen-bond acceptors (Lipinski definition) is 0. The average molecular weight is 355 g/mol. The fourth-order valence-electron chi connectivity index (χ4n) is 0. The van der Waals surface area contributed by atoms with Crippen molar-refractivity contribution in [2.45, 2.75) is 59.3 Å². The van der Waals surface area contributed by atoms with Crippen molar-refractivity contribution in [2.75, 3.05) is 0 Å². The minimum atomic E-state index is 0. The molecule has 0 aliphatic rings. The van der Waals surface area contributed by atoms with Crippen molar-refractivity contribution in [3.05, 3.63) is 20.8 Å². The molecule has 13 heavy (non-hydrogen) atoms. The van der Waals surface area contributed by atoms with Gasteiger partial charge in [0.1, 0.15) is 0 Å². The van der Waals surface area contributed by atoms with Crippen LogP contribution in [0.25, 0.3) is 0 Å². The zero-order valence-corrected chi connectivity index (χ0v) is 12.7. The Morgan fingerprint density at radius 3 is 0.692 bits per heavy atom.